The van der Waals surface area contributed by atoms with Gasteiger partial charge in [-0.2, -0.15) is 0 Å². The van der Waals surface area contributed by atoms with Crippen LogP contribution in [0.5, 0.6) is 0 Å². The molecule has 0 saturated heterocycles. The predicted octanol–water partition coefficient (Wildman–Crippen LogP) is 3.12. The van der Waals surface area contributed by atoms with Crippen molar-refractivity contribution in [1.29, 1.82) is 0 Å². The van der Waals surface area contributed by atoms with Gasteiger partial charge in [0.15, 0.2) is 0 Å². The lowest BCUT2D eigenvalue weighted by Gasteiger charge is -2.17. The Hall–Kier alpha value is -0.690. The van der Waals surface area contributed by atoms with Crippen LogP contribution < -0.4 is 5.32 Å². The Morgan fingerprint density at radius 2 is 2.00 bits per heavy atom. The minimum atomic E-state index is 0. The molecule has 0 radical (unpaired) electrons. The number of aryl methyl sites for hydroxylation is 1. The second kappa shape index (κ2) is 3.22. The number of hydrogen-bond acceptors (Lipinski definition) is 1. The van der Waals surface area contributed by atoms with E-state index in [4.69, 9.17) is 0 Å². The molecule has 0 atom stereocenters. The van der Waals surface area contributed by atoms with Crippen molar-refractivity contribution >= 4 is 18.1 Å². The van der Waals surface area contributed by atoms with Gasteiger partial charge in [0.1, 0.15) is 0 Å². The molecule has 2 heteroatoms. The molecule has 1 N–H and O–H groups in total. The highest BCUT2D eigenvalue weighted by atomic mass is 35.5. The molecule has 72 valence electrons. The minimum Gasteiger partial charge on any atom is -0.384 e. The summed E-state index contributed by atoms with van der Waals surface area (Å²) in [5, 5.41) is 3.42. The first kappa shape index (κ1) is 10.4. The third-order valence-electron chi connectivity index (χ3n) is 2.62. The molecule has 0 spiro atoms. The van der Waals surface area contributed by atoms with E-state index in [0.717, 1.165) is 6.54 Å². The highest BCUT2D eigenvalue weighted by Gasteiger charge is 2.28. The van der Waals surface area contributed by atoms with Gasteiger partial charge in [-0.1, -0.05) is 31.5 Å². The predicted molar refractivity (Wildman–Crippen MR) is 59.9 cm³/mol. The average molecular weight is 198 g/mol. The Labute approximate surface area is 86.0 Å². The van der Waals surface area contributed by atoms with Crippen LogP contribution in [0.25, 0.3) is 0 Å². The first-order valence-electron chi connectivity index (χ1n) is 4.45. The van der Waals surface area contributed by atoms with Gasteiger partial charge in [0.25, 0.3) is 0 Å². The quantitative estimate of drug-likeness (QED) is 0.674. The summed E-state index contributed by atoms with van der Waals surface area (Å²) in [7, 11) is 0. The molecule has 1 aromatic rings. The number of anilines is 1. The molecule has 13 heavy (non-hydrogen) atoms. The first-order valence-corrected chi connectivity index (χ1v) is 4.45. The Morgan fingerprint density at radius 3 is 2.69 bits per heavy atom. The molecule has 1 aromatic carbocycles. The second-order valence-electron chi connectivity index (χ2n) is 4.29. The largest absolute Gasteiger partial charge is 0.384 e. The maximum Gasteiger partial charge on any atom is 0.0379 e. The fraction of sp³-hybridized carbons (Fsp3) is 0.455. The zero-order chi connectivity index (χ0) is 8.77. The molecule has 1 nitrogen and oxygen atoms in total. The lowest BCUT2D eigenvalue weighted by atomic mass is 9.86. The van der Waals surface area contributed by atoms with Crippen LogP contribution in [0.1, 0.15) is 25.0 Å². The summed E-state index contributed by atoms with van der Waals surface area (Å²) in [4.78, 5) is 0. The Balaban J connectivity index is 0.000000845. The highest BCUT2D eigenvalue weighted by molar-refractivity contribution is 5.85. The van der Waals surface area contributed by atoms with E-state index in [-0.39, 0.29) is 12.4 Å². The highest BCUT2D eigenvalue weighted by Crippen LogP contribution is 2.36. The van der Waals surface area contributed by atoms with Crippen molar-refractivity contribution in [2.75, 3.05) is 11.9 Å². The minimum absolute atomic E-state index is 0. The number of halogens is 1. The van der Waals surface area contributed by atoms with Crippen LogP contribution in [0, 0.1) is 6.92 Å². The molecule has 1 aliphatic rings. The number of rotatable bonds is 0. The van der Waals surface area contributed by atoms with Crippen molar-refractivity contribution in [2.24, 2.45) is 0 Å². The Bertz CT molecular complexity index is 318. The van der Waals surface area contributed by atoms with Crippen molar-refractivity contribution in [3.63, 3.8) is 0 Å². The van der Waals surface area contributed by atoms with E-state index < -0.39 is 0 Å². The van der Waals surface area contributed by atoms with Gasteiger partial charge in [-0.15, -0.1) is 12.4 Å². The van der Waals surface area contributed by atoms with Gasteiger partial charge in [-0.25, -0.2) is 0 Å². The number of benzene rings is 1. The van der Waals surface area contributed by atoms with Gasteiger partial charge in [0, 0.05) is 17.6 Å². The van der Waals surface area contributed by atoms with Crippen molar-refractivity contribution in [3.8, 4) is 0 Å². The molecule has 2 rings (SSSR count). The molecule has 1 heterocycles. The van der Waals surface area contributed by atoms with Crippen molar-refractivity contribution in [2.45, 2.75) is 26.2 Å². The van der Waals surface area contributed by atoms with Crippen LogP contribution in [-0.4, -0.2) is 6.54 Å². The van der Waals surface area contributed by atoms with E-state index in [1.54, 1.807) is 0 Å². The molecule has 0 saturated carbocycles. The standard InChI is InChI=1S/C11H15N.ClH/c1-8-4-5-10-9(6-8)11(2,3)7-12-10;/h4-6,12H,7H2,1-3H3;1H. The Kier molecular flexibility index (Phi) is 2.58. The molecule has 0 fully saturated rings. The van der Waals surface area contributed by atoms with E-state index >= 15 is 0 Å². The lowest BCUT2D eigenvalue weighted by molar-refractivity contribution is 0.586. The van der Waals surface area contributed by atoms with Crippen molar-refractivity contribution < 1.29 is 0 Å². The number of hydrogen-bond donors (Lipinski definition) is 1. The van der Waals surface area contributed by atoms with E-state index in [9.17, 15) is 0 Å². The fourth-order valence-corrected chi connectivity index (χ4v) is 1.78. The number of nitrogens with one attached hydrogen (secondary N) is 1. The van der Waals surface area contributed by atoms with Gasteiger partial charge in [0.05, 0.1) is 0 Å². The summed E-state index contributed by atoms with van der Waals surface area (Å²) >= 11 is 0. The maximum absolute atomic E-state index is 3.42. The van der Waals surface area contributed by atoms with Gasteiger partial charge in [0.2, 0.25) is 0 Å². The summed E-state index contributed by atoms with van der Waals surface area (Å²) in [6.07, 6.45) is 0. The molecular formula is C11H16ClN. The summed E-state index contributed by atoms with van der Waals surface area (Å²) in [5.74, 6) is 0. The van der Waals surface area contributed by atoms with Crippen LogP contribution in [0.3, 0.4) is 0 Å². The van der Waals surface area contributed by atoms with E-state index in [0.29, 0.717) is 5.41 Å². The molecule has 0 aliphatic carbocycles. The van der Waals surface area contributed by atoms with E-state index in [1.165, 1.54) is 16.8 Å². The topological polar surface area (TPSA) is 12.0 Å². The summed E-state index contributed by atoms with van der Waals surface area (Å²) in [6.45, 7) is 7.77. The first-order chi connectivity index (χ1) is 5.59. The zero-order valence-electron chi connectivity index (χ0n) is 8.35. The molecule has 0 aromatic heterocycles. The smallest absolute Gasteiger partial charge is 0.0379 e. The SMILES string of the molecule is Cc1ccc2c(c1)C(C)(C)CN2.Cl. The molecule has 0 unspecified atom stereocenters. The molecule has 0 bridgehead atoms. The lowest BCUT2D eigenvalue weighted by Crippen LogP contribution is -2.18. The van der Waals surface area contributed by atoms with Gasteiger partial charge in [-0.05, 0) is 18.6 Å². The van der Waals surface area contributed by atoms with Gasteiger partial charge >= 0.3 is 0 Å². The maximum atomic E-state index is 3.42. The van der Waals surface area contributed by atoms with E-state index in [2.05, 4.69) is 44.3 Å². The van der Waals surface area contributed by atoms with Crippen molar-refractivity contribution in [3.05, 3.63) is 29.3 Å². The van der Waals surface area contributed by atoms with Crippen LogP contribution in [-0.2, 0) is 5.41 Å². The van der Waals surface area contributed by atoms with E-state index in [1.807, 2.05) is 0 Å². The van der Waals surface area contributed by atoms with Crippen molar-refractivity contribution in [1.82, 2.24) is 0 Å². The second-order valence-corrected chi connectivity index (χ2v) is 4.29. The van der Waals surface area contributed by atoms with Crippen LogP contribution in [0.4, 0.5) is 5.69 Å². The van der Waals surface area contributed by atoms with Gasteiger partial charge < -0.3 is 5.32 Å². The normalized spacial score (nSPS) is 17.2. The van der Waals surface area contributed by atoms with Crippen LogP contribution in [0.15, 0.2) is 18.2 Å². The third kappa shape index (κ3) is 1.66. The monoisotopic (exact) mass is 197 g/mol. The molecule has 0 amide bonds. The Morgan fingerprint density at radius 1 is 1.31 bits per heavy atom. The number of fused-ring (bicyclic) bond motifs is 1. The molecule has 1 aliphatic heterocycles. The van der Waals surface area contributed by atoms with Crippen LogP contribution in [0.2, 0.25) is 0 Å². The summed E-state index contributed by atoms with van der Waals surface area (Å²) in [5.41, 5.74) is 4.43. The summed E-state index contributed by atoms with van der Waals surface area (Å²) in [6, 6.07) is 6.63. The average Bonchev–Trinajstić information content (AvgIpc) is 2.28. The summed E-state index contributed by atoms with van der Waals surface area (Å²) < 4.78 is 0. The van der Waals surface area contributed by atoms with Gasteiger partial charge in [-0.3, -0.25) is 0 Å². The van der Waals surface area contributed by atoms with Crippen LogP contribution >= 0.6 is 12.4 Å². The molecular weight excluding hydrogens is 182 g/mol. The zero-order valence-corrected chi connectivity index (χ0v) is 9.16. The third-order valence-corrected chi connectivity index (χ3v) is 2.62. The fourth-order valence-electron chi connectivity index (χ4n) is 1.78.